The molecule has 0 atom stereocenters. The summed E-state index contributed by atoms with van der Waals surface area (Å²) in [4.78, 5) is 30.1. The van der Waals surface area contributed by atoms with Crippen molar-refractivity contribution in [1.82, 2.24) is 15.2 Å². The summed E-state index contributed by atoms with van der Waals surface area (Å²) in [6, 6.07) is 79.5. The molecule has 0 saturated carbocycles. The van der Waals surface area contributed by atoms with Crippen LogP contribution in [0.25, 0.3) is 33.6 Å². The quantitative estimate of drug-likeness (QED) is 0.0708. The molecule has 2 heterocycles. The van der Waals surface area contributed by atoms with E-state index >= 15 is 0 Å². The first-order chi connectivity index (χ1) is 32.8. The van der Waals surface area contributed by atoms with Gasteiger partial charge >= 0.3 is 28.6 Å². The standard InChI is InChI=1S/C20H14N.C17H11N.C12H8.C5H4F3N2.3CHO.Au.Re/c1-2-17-13-15-20(16-14-17)21(18-9-5-3-6-10-18)19-11-7-4-8-12-19;1-3-8-14(9-4-1)16-12-7-13-17(18-16)15-10-5-2-6-11-15;1-3-7-11(8-4-1)12-9-5-2-6-10-12;1-3-2-4(10-9-3)5(6,7)8;3*1-2;;/h3-16H;1-8,10,12-13H;1-7,9H;2H,1H3;3*1H;;/q-1;2*-2;4*-1;+3;. The number of hydrogen-bond donors (Lipinski definition) is 0. The van der Waals surface area contributed by atoms with Crippen molar-refractivity contribution in [2.75, 3.05) is 4.90 Å². The van der Waals surface area contributed by atoms with Crippen LogP contribution in [0.3, 0.4) is 0 Å². The van der Waals surface area contributed by atoms with Crippen LogP contribution in [0.1, 0.15) is 17.0 Å². The van der Waals surface area contributed by atoms with Crippen LogP contribution in [0.4, 0.5) is 30.2 Å². The third-order valence-electron chi connectivity index (χ3n) is 8.68. The zero-order valence-electron chi connectivity index (χ0n) is 36.7. The van der Waals surface area contributed by atoms with Crippen LogP contribution in [0.5, 0.6) is 0 Å². The van der Waals surface area contributed by atoms with Gasteiger partial charge in [0, 0.05) is 37.5 Å². The van der Waals surface area contributed by atoms with Crippen molar-refractivity contribution in [3.8, 4) is 39.6 Å². The molecule has 12 heteroatoms. The maximum atomic E-state index is 11.7. The molecule has 0 fully saturated rings. The number of rotatable bonds is 6. The molecular weight excluding hydrogens is 1230 g/mol. The second kappa shape index (κ2) is 33.9. The minimum Gasteiger partial charge on any atom is -0.579 e. The third kappa shape index (κ3) is 20.1. The minimum absolute atomic E-state index is 0. The van der Waals surface area contributed by atoms with Gasteiger partial charge in [-0.05, 0) is 35.7 Å². The smallest absolute Gasteiger partial charge is 0.579 e. The Morgan fingerprint density at radius 3 is 1.19 bits per heavy atom. The molecule has 0 aliphatic heterocycles. The van der Waals surface area contributed by atoms with E-state index in [1.165, 1.54) is 6.92 Å². The maximum Gasteiger partial charge on any atom is 3.00 e. The van der Waals surface area contributed by atoms with Crippen molar-refractivity contribution in [1.29, 1.82) is 0 Å². The Labute approximate surface area is 431 Å². The van der Waals surface area contributed by atoms with E-state index in [2.05, 4.69) is 94.9 Å². The van der Waals surface area contributed by atoms with Crippen molar-refractivity contribution in [2.24, 2.45) is 0 Å². The molecule has 69 heavy (non-hydrogen) atoms. The molecule has 7 aromatic carbocycles. The number of halogens is 3. The average molecular weight is 1270 g/mol. The average Bonchev–Trinajstić information content (AvgIpc) is 3.88. The van der Waals surface area contributed by atoms with Gasteiger partial charge in [0.2, 0.25) is 0 Å². The first-order valence-corrected chi connectivity index (χ1v) is 19.8. The number of nitrogens with zero attached hydrogens (tertiary/aromatic N) is 4. The number of aryl methyl sites for hydroxylation is 1. The fourth-order valence-electron chi connectivity index (χ4n) is 5.78. The van der Waals surface area contributed by atoms with Crippen molar-refractivity contribution >= 4 is 37.4 Å². The Bertz CT molecular complexity index is 2610. The first kappa shape index (κ1) is 59.5. The second-order valence-corrected chi connectivity index (χ2v) is 13.1. The minimum atomic E-state index is -4.36. The summed E-state index contributed by atoms with van der Waals surface area (Å²) in [6.45, 7) is 11.2. The van der Waals surface area contributed by atoms with Crippen molar-refractivity contribution < 1.29 is 70.4 Å². The second-order valence-electron chi connectivity index (χ2n) is 13.1. The summed E-state index contributed by atoms with van der Waals surface area (Å²) < 4.78 is 35.1. The van der Waals surface area contributed by atoms with Crippen LogP contribution in [0, 0.1) is 43.5 Å². The Morgan fingerprint density at radius 1 is 0.522 bits per heavy atom. The third-order valence-corrected chi connectivity index (χ3v) is 8.68. The van der Waals surface area contributed by atoms with E-state index in [9.17, 15) is 13.2 Å². The number of benzene rings is 7. The Morgan fingerprint density at radius 2 is 0.884 bits per heavy atom. The molecule has 0 saturated heterocycles. The summed E-state index contributed by atoms with van der Waals surface area (Å²) >= 11 is 0. The predicted octanol–water partition coefficient (Wildman–Crippen LogP) is 12.6. The Balaban J connectivity index is 0.000000453. The largest absolute Gasteiger partial charge is 3.00 e. The van der Waals surface area contributed by atoms with Crippen LogP contribution in [0.2, 0.25) is 0 Å². The van der Waals surface area contributed by atoms with E-state index in [1.807, 2.05) is 176 Å². The van der Waals surface area contributed by atoms with Crippen molar-refractivity contribution in [2.45, 2.75) is 13.1 Å². The molecule has 0 amide bonds. The predicted molar refractivity (Wildman–Crippen MR) is 257 cm³/mol. The van der Waals surface area contributed by atoms with Gasteiger partial charge in [0.15, 0.2) is 0 Å². The van der Waals surface area contributed by atoms with Crippen molar-refractivity contribution in [3.63, 3.8) is 0 Å². The van der Waals surface area contributed by atoms with E-state index in [1.54, 1.807) is 0 Å². The van der Waals surface area contributed by atoms with E-state index in [0.29, 0.717) is 0 Å². The van der Waals surface area contributed by atoms with Crippen molar-refractivity contribution in [3.05, 3.63) is 254 Å². The zero-order valence-corrected chi connectivity index (χ0v) is 41.6. The molecule has 0 bridgehead atoms. The van der Waals surface area contributed by atoms with Gasteiger partial charge < -0.3 is 40.9 Å². The van der Waals surface area contributed by atoms with E-state index in [4.69, 9.17) is 20.8 Å². The van der Waals surface area contributed by atoms with Crippen LogP contribution in [0.15, 0.2) is 206 Å². The number of alkyl halides is 3. The van der Waals surface area contributed by atoms with Gasteiger partial charge in [-0.2, -0.15) is 61.7 Å². The number of aromatic nitrogens is 3. The molecule has 0 spiro atoms. The number of pyridine rings is 1. The molecule has 351 valence electrons. The summed E-state index contributed by atoms with van der Waals surface area (Å²) in [6.07, 6.45) is 2.83. The van der Waals surface area contributed by atoms with Crippen LogP contribution in [-0.2, 0) is 63.4 Å². The first-order valence-electron chi connectivity index (χ1n) is 19.8. The zero-order chi connectivity index (χ0) is 48.7. The maximum absolute atomic E-state index is 11.7. The Kier molecular flexibility index (Phi) is 29.2. The fourth-order valence-corrected chi connectivity index (χ4v) is 5.78. The fraction of sp³-hybridized carbons (Fsp3) is 0.0351. The SMILES string of the molecule is Cc1cc(C(F)(F)F)n[n-]1.[Au+3].[C-]#Cc1ccc(N(c2ccccc2)c2ccccc2)cc1.[CH-]=O.[CH-]=O.[CH-]=O.[Re].[c-]1ccccc1-c1[c-]cccc1.[c-]1ccccc1-c1cccc(-c2[c-]cccc2)n1. The van der Waals surface area contributed by atoms with Gasteiger partial charge in [0.1, 0.15) is 5.69 Å². The molecule has 0 aliphatic rings. The van der Waals surface area contributed by atoms with Gasteiger partial charge in [0.25, 0.3) is 0 Å². The van der Waals surface area contributed by atoms with E-state index < -0.39 is 11.9 Å². The van der Waals surface area contributed by atoms with E-state index in [0.717, 1.165) is 62.3 Å². The summed E-state index contributed by atoms with van der Waals surface area (Å²) in [7, 11) is 0. The molecule has 9 rings (SSSR count). The Hall–Kier alpha value is -7.54. The number of para-hydroxylation sites is 2. The number of anilines is 3. The molecule has 1 radical (unpaired) electrons. The summed E-state index contributed by atoms with van der Waals surface area (Å²) in [5.74, 6) is 2.40. The normalized spacial score (nSPS) is 9.26. The number of carbonyl (C=O) groups excluding carboxylic acids is 3. The topological polar surface area (TPSA) is 94.3 Å². The van der Waals surface area contributed by atoms with E-state index in [-0.39, 0.29) is 48.5 Å². The molecular formula is C57H40AuF3N4O3Re-6. The van der Waals surface area contributed by atoms with Gasteiger partial charge in [0.05, 0.1) is 0 Å². The molecule has 0 N–H and O–H groups in total. The monoisotopic (exact) mass is 1270 g/mol. The van der Waals surface area contributed by atoms with Crippen LogP contribution < -0.4 is 10.00 Å². The van der Waals surface area contributed by atoms with Gasteiger partial charge in [-0.25, -0.2) is 11.1 Å². The van der Waals surface area contributed by atoms with Gasteiger partial charge in [-0.15, -0.1) is 107 Å². The molecule has 9 aromatic rings. The summed E-state index contributed by atoms with van der Waals surface area (Å²) in [5.41, 5.74) is 9.49. The number of hydrogen-bond acceptors (Lipinski definition) is 6. The van der Waals surface area contributed by atoms with Gasteiger partial charge in [-0.3, -0.25) is 26.3 Å². The molecule has 0 aliphatic carbocycles. The molecule has 2 aromatic heterocycles. The molecule has 0 unspecified atom stereocenters. The summed E-state index contributed by atoms with van der Waals surface area (Å²) in [5, 5.41) is 6.13. The molecule has 7 nitrogen and oxygen atoms in total. The van der Waals surface area contributed by atoms with Gasteiger partial charge in [-0.1, -0.05) is 79.7 Å². The van der Waals surface area contributed by atoms with Crippen LogP contribution >= 0.6 is 0 Å². The van der Waals surface area contributed by atoms with Crippen LogP contribution in [-0.4, -0.2) is 30.4 Å².